The van der Waals surface area contributed by atoms with Crippen LogP contribution in [0.3, 0.4) is 0 Å². The molecule has 1 atom stereocenters. The van der Waals surface area contributed by atoms with Crippen molar-refractivity contribution in [3.63, 3.8) is 0 Å². The summed E-state index contributed by atoms with van der Waals surface area (Å²) in [7, 11) is 0. The third-order valence-electron chi connectivity index (χ3n) is 2.37. The zero-order chi connectivity index (χ0) is 11.7. The minimum atomic E-state index is -0.613. The van der Waals surface area contributed by atoms with E-state index in [0.29, 0.717) is 21.2 Å². The van der Waals surface area contributed by atoms with Gasteiger partial charge in [-0.3, -0.25) is 4.79 Å². The summed E-state index contributed by atoms with van der Waals surface area (Å²) in [6, 6.07) is 1.01. The van der Waals surface area contributed by atoms with Crippen LogP contribution in [0.5, 0.6) is 0 Å². The highest BCUT2D eigenvalue weighted by Gasteiger charge is 2.18. The average molecular weight is 274 g/mol. The molecule has 2 N–H and O–H groups in total. The van der Waals surface area contributed by atoms with E-state index in [-0.39, 0.29) is 11.6 Å². The van der Waals surface area contributed by atoms with Gasteiger partial charge in [0.05, 0.1) is 6.04 Å². The van der Waals surface area contributed by atoms with E-state index in [0.717, 1.165) is 0 Å². The molecule has 0 heterocycles. The summed E-state index contributed by atoms with van der Waals surface area (Å²) in [5, 5.41) is 0. The molecule has 2 nitrogen and oxygen atoms in total. The highest BCUT2D eigenvalue weighted by atomic mass is 79.9. The van der Waals surface area contributed by atoms with Crippen LogP contribution in [-0.2, 0) is 0 Å². The van der Waals surface area contributed by atoms with Crippen LogP contribution >= 0.6 is 15.9 Å². The summed E-state index contributed by atoms with van der Waals surface area (Å²) in [6.07, 6.45) is 0. The van der Waals surface area contributed by atoms with E-state index >= 15 is 0 Å². The minimum absolute atomic E-state index is 0.243. The topological polar surface area (TPSA) is 43.1 Å². The molecule has 0 amide bonds. The van der Waals surface area contributed by atoms with E-state index in [2.05, 4.69) is 15.9 Å². The van der Waals surface area contributed by atoms with E-state index in [1.54, 1.807) is 26.8 Å². The molecule has 0 saturated heterocycles. The summed E-state index contributed by atoms with van der Waals surface area (Å²) in [4.78, 5) is 11.7. The lowest BCUT2D eigenvalue weighted by molar-refractivity contribution is 0.0967. The zero-order valence-corrected chi connectivity index (χ0v) is 10.5. The molecule has 0 spiro atoms. The van der Waals surface area contributed by atoms with Crippen LogP contribution in [0.25, 0.3) is 0 Å². The highest BCUT2D eigenvalue weighted by molar-refractivity contribution is 9.10. The Morgan fingerprint density at radius 3 is 2.47 bits per heavy atom. The van der Waals surface area contributed by atoms with Gasteiger partial charge in [-0.1, -0.05) is 15.9 Å². The summed E-state index contributed by atoms with van der Waals surface area (Å²) < 4.78 is 14.2. The maximum absolute atomic E-state index is 13.7. The number of carbonyl (C=O) groups is 1. The minimum Gasteiger partial charge on any atom is -0.321 e. The van der Waals surface area contributed by atoms with Crippen molar-refractivity contribution in [2.75, 3.05) is 0 Å². The van der Waals surface area contributed by atoms with E-state index in [1.165, 1.54) is 0 Å². The molecule has 1 rings (SSSR count). The predicted molar refractivity (Wildman–Crippen MR) is 61.6 cm³/mol. The molecule has 0 saturated carbocycles. The maximum atomic E-state index is 13.7. The molecule has 0 aliphatic carbocycles. The van der Waals surface area contributed by atoms with E-state index in [1.807, 2.05) is 0 Å². The lowest BCUT2D eigenvalue weighted by Crippen LogP contribution is -2.27. The summed E-state index contributed by atoms with van der Waals surface area (Å²) >= 11 is 3.22. The fraction of sp³-hybridized carbons (Fsp3) is 0.364. The molecule has 1 aromatic rings. The van der Waals surface area contributed by atoms with Crippen molar-refractivity contribution in [3.05, 3.63) is 33.0 Å². The van der Waals surface area contributed by atoms with Gasteiger partial charge >= 0.3 is 0 Å². The Morgan fingerprint density at radius 1 is 1.47 bits per heavy atom. The van der Waals surface area contributed by atoms with Gasteiger partial charge in [-0.25, -0.2) is 4.39 Å². The molecular formula is C11H13BrFNO. The van der Waals surface area contributed by atoms with E-state index in [9.17, 15) is 9.18 Å². The normalized spacial score (nSPS) is 12.7. The number of benzene rings is 1. The second-order valence-electron chi connectivity index (χ2n) is 3.62. The standard InChI is InChI=1S/C11H13BrFNO/c1-5-8(11(15)7(3)14)4-9(12)6(2)10(5)13/h4,7H,14H2,1-3H3. The van der Waals surface area contributed by atoms with Crippen LogP contribution in [0.2, 0.25) is 0 Å². The SMILES string of the molecule is Cc1c(Br)cc(C(=O)C(C)N)c(C)c1F. The van der Waals surface area contributed by atoms with Gasteiger partial charge in [-0.2, -0.15) is 0 Å². The predicted octanol–water partition coefficient (Wildman–Crippen LogP) is 2.73. The Labute approximate surface area is 96.8 Å². The van der Waals surface area contributed by atoms with Crippen LogP contribution in [0.15, 0.2) is 10.5 Å². The van der Waals surface area contributed by atoms with Crippen molar-refractivity contribution in [2.45, 2.75) is 26.8 Å². The number of carbonyl (C=O) groups excluding carboxylic acids is 1. The van der Waals surface area contributed by atoms with Gasteiger partial charge in [-0.05, 0) is 38.0 Å². The van der Waals surface area contributed by atoms with Crippen molar-refractivity contribution in [1.82, 2.24) is 0 Å². The van der Waals surface area contributed by atoms with Crippen LogP contribution in [0.4, 0.5) is 4.39 Å². The molecule has 0 aliphatic rings. The number of hydrogen-bond acceptors (Lipinski definition) is 2. The monoisotopic (exact) mass is 273 g/mol. The molecule has 4 heteroatoms. The number of Topliss-reactive ketones (excluding diaryl/α,β-unsaturated/α-hetero) is 1. The Kier molecular flexibility index (Phi) is 3.62. The molecule has 0 radical (unpaired) electrons. The lowest BCUT2D eigenvalue weighted by Gasteiger charge is -2.11. The third-order valence-corrected chi connectivity index (χ3v) is 3.19. The first-order valence-corrected chi connectivity index (χ1v) is 5.40. The first-order chi connectivity index (χ1) is 6.86. The Balaban J connectivity index is 3.39. The number of halogens is 2. The van der Waals surface area contributed by atoms with Gasteiger partial charge in [0.15, 0.2) is 5.78 Å². The molecular weight excluding hydrogens is 261 g/mol. The molecule has 1 unspecified atom stereocenters. The summed E-state index contributed by atoms with van der Waals surface area (Å²) in [6.45, 7) is 4.84. The number of ketones is 1. The van der Waals surface area contributed by atoms with Crippen LogP contribution in [0.1, 0.15) is 28.4 Å². The van der Waals surface area contributed by atoms with Gasteiger partial charge < -0.3 is 5.73 Å². The third kappa shape index (κ3) is 2.26. The maximum Gasteiger partial charge on any atom is 0.179 e. The molecule has 82 valence electrons. The molecule has 0 fully saturated rings. The van der Waals surface area contributed by atoms with Crippen LogP contribution in [0, 0.1) is 19.7 Å². The first-order valence-electron chi connectivity index (χ1n) is 4.61. The Bertz CT molecular complexity index is 416. The fourth-order valence-corrected chi connectivity index (χ4v) is 1.75. The zero-order valence-electron chi connectivity index (χ0n) is 8.90. The second-order valence-corrected chi connectivity index (χ2v) is 4.48. The highest BCUT2D eigenvalue weighted by Crippen LogP contribution is 2.25. The van der Waals surface area contributed by atoms with Crippen LogP contribution < -0.4 is 5.73 Å². The van der Waals surface area contributed by atoms with E-state index in [4.69, 9.17) is 5.73 Å². The van der Waals surface area contributed by atoms with Gasteiger partial charge in [0.1, 0.15) is 5.82 Å². The molecule has 0 bridgehead atoms. The van der Waals surface area contributed by atoms with Crippen molar-refractivity contribution in [1.29, 1.82) is 0 Å². The quantitative estimate of drug-likeness (QED) is 0.843. The Morgan fingerprint density at radius 2 is 2.00 bits per heavy atom. The van der Waals surface area contributed by atoms with Gasteiger partial charge in [0.2, 0.25) is 0 Å². The second kappa shape index (κ2) is 4.41. The fourth-order valence-electron chi connectivity index (χ4n) is 1.35. The lowest BCUT2D eigenvalue weighted by atomic mass is 9.98. The van der Waals surface area contributed by atoms with Crippen LogP contribution in [-0.4, -0.2) is 11.8 Å². The number of nitrogens with two attached hydrogens (primary N) is 1. The van der Waals surface area contributed by atoms with Crippen molar-refractivity contribution >= 4 is 21.7 Å². The van der Waals surface area contributed by atoms with Crippen molar-refractivity contribution < 1.29 is 9.18 Å². The molecule has 1 aromatic carbocycles. The molecule has 15 heavy (non-hydrogen) atoms. The number of hydrogen-bond donors (Lipinski definition) is 1. The van der Waals surface area contributed by atoms with Gasteiger partial charge in [-0.15, -0.1) is 0 Å². The van der Waals surface area contributed by atoms with Gasteiger partial charge in [0, 0.05) is 10.0 Å². The summed E-state index contributed by atoms with van der Waals surface area (Å²) in [5.74, 6) is -0.597. The van der Waals surface area contributed by atoms with Crippen molar-refractivity contribution in [2.24, 2.45) is 5.73 Å². The first kappa shape index (κ1) is 12.3. The summed E-state index contributed by atoms with van der Waals surface area (Å²) in [5.41, 5.74) is 6.70. The molecule has 0 aromatic heterocycles. The largest absolute Gasteiger partial charge is 0.321 e. The van der Waals surface area contributed by atoms with Gasteiger partial charge in [0.25, 0.3) is 0 Å². The smallest absolute Gasteiger partial charge is 0.179 e. The van der Waals surface area contributed by atoms with Crippen molar-refractivity contribution in [3.8, 4) is 0 Å². The average Bonchev–Trinajstić information content (AvgIpc) is 2.19. The molecule has 0 aliphatic heterocycles. The Hall–Kier alpha value is -0.740. The number of rotatable bonds is 2. The van der Waals surface area contributed by atoms with E-state index < -0.39 is 6.04 Å².